The fraction of sp³-hybridized carbons (Fsp3) is 0.739. The highest BCUT2D eigenvalue weighted by Gasteiger charge is 2.40. The van der Waals surface area contributed by atoms with Crippen LogP contribution in [-0.4, -0.2) is 11.3 Å². The van der Waals surface area contributed by atoms with Gasteiger partial charge in [-0.05, 0) is 78.5 Å². The van der Waals surface area contributed by atoms with Gasteiger partial charge in [0.25, 0.3) is 0 Å². The Labute approximate surface area is 151 Å². The Kier molecular flexibility index (Phi) is 6.42. The largest absolute Gasteiger partial charge is 0.0687 e. The first kappa shape index (κ1) is 18.4. The summed E-state index contributed by atoms with van der Waals surface area (Å²) >= 11 is 0. The second kappa shape index (κ2) is 8.35. The molecule has 1 aromatic rings. The summed E-state index contributed by atoms with van der Waals surface area (Å²) < 4.78 is 0. The SMILES string of the molecule is CC[C@@H]1CC[C@@H](CC)C1c1ccccc1P1[C@H](CC)CC[C@H]1CC. The highest BCUT2D eigenvalue weighted by Crippen LogP contribution is 2.59. The lowest BCUT2D eigenvalue weighted by molar-refractivity contribution is 0.396. The zero-order valence-electron chi connectivity index (χ0n) is 16.3. The fourth-order valence-electron chi connectivity index (χ4n) is 5.76. The maximum absolute atomic E-state index is 2.54. The van der Waals surface area contributed by atoms with Gasteiger partial charge in [0.15, 0.2) is 0 Å². The van der Waals surface area contributed by atoms with Crippen molar-refractivity contribution in [3.63, 3.8) is 0 Å². The first-order valence-electron chi connectivity index (χ1n) is 10.6. The molecular weight excluding hydrogens is 307 g/mol. The minimum atomic E-state index is 0.0477. The third kappa shape index (κ3) is 3.33. The molecule has 3 rings (SSSR count). The van der Waals surface area contributed by atoms with Crippen LogP contribution in [0.3, 0.4) is 0 Å². The van der Waals surface area contributed by atoms with Gasteiger partial charge in [0.2, 0.25) is 0 Å². The van der Waals surface area contributed by atoms with Crippen LogP contribution in [0.15, 0.2) is 24.3 Å². The molecule has 0 N–H and O–H groups in total. The molecule has 0 amide bonds. The molecule has 0 spiro atoms. The maximum Gasteiger partial charge on any atom is -0.00991 e. The molecule has 1 saturated carbocycles. The van der Waals surface area contributed by atoms with Gasteiger partial charge in [-0.25, -0.2) is 0 Å². The molecule has 0 bridgehead atoms. The molecule has 1 saturated heterocycles. The van der Waals surface area contributed by atoms with E-state index in [1.165, 1.54) is 51.4 Å². The molecule has 1 heterocycles. The van der Waals surface area contributed by atoms with Crippen molar-refractivity contribution in [1.82, 2.24) is 0 Å². The molecule has 2 fully saturated rings. The quantitative estimate of drug-likeness (QED) is 0.484. The minimum Gasteiger partial charge on any atom is -0.0687 e. The van der Waals surface area contributed by atoms with E-state index in [0.29, 0.717) is 0 Å². The number of rotatable bonds is 6. The van der Waals surface area contributed by atoms with E-state index in [1.807, 2.05) is 5.30 Å². The molecule has 1 aliphatic heterocycles. The lowest BCUT2D eigenvalue weighted by Gasteiger charge is -2.32. The van der Waals surface area contributed by atoms with Crippen LogP contribution in [0.1, 0.15) is 90.5 Å². The van der Waals surface area contributed by atoms with E-state index >= 15 is 0 Å². The second-order valence-electron chi connectivity index (χ2n) is 8.11. The molecule has 0 nitrogen and oxygen atoms in total. The Balaban J connectivity index is 2.01. The van der Waals surface area contributed by atoms with Gasteiger partial charge in [-0.15, -0.1) is 0 Å². The van der Waals surface area contributed by atoms with Crippen LogP contribution in [0.4, 0.5) is 0 Å². The third-order valence-electron chi connectivity index (χ3n) is 7.11. The number of hydrogen-bond acceptors (Lipinski definition) is 0. The predicted molar refractivity (Wildman–Crippen MR) is 110 cm³/mol. The smallest absolute Gasteiger partial charge is 0.00991 e. The van der Waals surface area contributed by atoms with Gasteiger partial charge >= 0.3 is 0 Å². The Hall–Kier alpha value is -0.350. The van der Waals surface area contributed by atoms with E-state index in [1.54, 1.807) is 5.56 Å². The van der Waals surface area contributed by atoms with Crippen molar-refractivity contribution in [2.24, 2.45) is 11.8 Å². The van der Waals surface area contributed by atoms with Crippen LogP contribution in [0.25, 0.3) is 0 Å². The van der Waals surface area contributed by atoms with Gasteiger partial charge in [0.05, 0.1) is 0 Å². The minimum absolute atomic E-state index is 0.0477. The highest BCUT2D eigenvalue weighted by atomic mass is 31.1. The third-order valence-corrected chi connectivity index (χ3v) is 10.9. The van der Waals surface area contributed by atoms with E-state index in [0.717, 1.165) is 29.1 Å². The first-order chi connectivity index (χ1) is 11.7. The molecule has 1 aromatic carbocycles. The van der Waals surface area contributed by atoms with Crippen LogP contribution in [-0.2, 0) is 0 Å². The molecule has 134 valence electrons. The van der Waals surface area contributed by atoms with Crippen LogP contribution in [0.5, 0.6) is 0 Å². The van der Waals surface area contributed by atoms with Crippen molar-refractivity contribution in [1.29, 1.82) is 0 Å². The second-order valence-corrected chi connectivity index (χ2v) is 10.9. The van der Waals surface area contributed by atoms with Crippen molar-refractivity contribution >= 4 is 13.2 Å². The van der Waals surface area contributed by atoms with E-state index < -0.39 is 0 Å². The summed E-state index contributed by atoms with van der Waals surface area (Å²) in [4.78, 5) is 0. The Morgan fingerprint density at radius 3 is 1.79 bits per heavy atom. The molecule has 0 aromatic heterocycles. The van der Waals surface area contributed by atoms with Gasteiger partial charge in [-0.3, -0.25) is 0 Å². The van der Waals surface area contributed by atoms with Gasteiger partial charge in [-0.1, -0.05) is 72.7 Å². The average Bonchev–Trinajstić information content (AvgIpc) is 3.24. The van der Waals surface area contributed by atoms with Gasteiger partial charge < -0.3 is 0 Å². The van der Waals surface area contributed by atoms with E-state index in [2.05, 4.69) is 52.0 Å². The Morgan fingerprint density at radius 1 is 0.750 bits per heavy atom. The van der Waals surface area contributed by atoms with Gasteiger partial charge in [0, 0.05) is 0 Å². The lowest BCUT2D eigenvalue weighted by Crippen LogP contribution is -2.24. The summed E-state index contributed by atoms with van der Waals surface area (Å²) in [5.74, 6) is 2.69. The molecule has 24 heavy (non-hydrogen) atoms. The average molecular weight is 345 g/mol. The zero-order chi connectivity index (χ0) is 17.1. The van der Waals surface area contributed by atoms with Crippen molar-refractivity contribution in [3.8, 4) is 0 Å². The van der Waals surface area contributed by atoms with Crippen molar-refractivity contribution in [2.45, 2.75) is 96.3 Å². The summed E-state index contributed by atoms with van der Waals surface area (Å²) in [6.45, 7) is 9.70. The van der Waals surface area contributed by atoms with Crippen LogP contribution in [0, 0.1) is 11.8 Å². The highest BCUT2D eigenvalue weighted by molar-refractivity contribution is 7.67. The summed E-state index contributed by atoms with van der Waals surface area (Å²) in [5.41, 5.74) is 3.74. The van der Waals surface area contributed by atoms with Gasteiger partial charge in [-0.2, -0.15) is 0 Å². The fourth-order valence-corrected chi connectivity index (χ4v) is 9.56. The van der Waals surface area contributed by atoms with Crippen molar-refractivity contribution in [2.75, 3.05) is 0 Å². The molecule has 2 aliphatic rings. The van der Waals surface area contributed by atoms with E-state index in [-0.39, 0.29) is 7.92 Å². The van der Waals surface area contributed by atoms with Crippen LogP contribution >= 0.6 is 7.92 Å². The Morgan fingerprint density at radius 2 is 1.29 bits per heavy atom. The summed E-state index contributed by atoms with van der Waals surface area (Å²) in [6.07, 6.45) is 11.4. The van der Waals surface area contributed by atoms with Gasteiger partial charge in [0.1, 0.15) is 0 Å². The van der Waals surface area contributed by atoms with E-state index in [4.69, 9.17) is 0 Å². The summed E-state index contributed by atoms with van der Waals surface area (Å²) in [5, 5.41) is 1.81. The Bertz CT molecular complexity index is 452. The molecule has 0 radical (unpaired) electrons. The van der Waals surface area contributed by atoms with E-state index in [9.17, 15) is 0 Å². The topological polar surface area (TPSA) is 0 Å². The summed E-state index contributed by atoms with van der Waals surface area (Å²) in [7, 11) is 0.0477. The number of hydrogen-bond donors (Lipinski definition) is 0. The van der Waals surface area contributed by atoms with Crippen molar-refractivity contribution in [3.05, 3.63) is 29.8 Å². The van der Waals surface area contributed by atoms with Crippen LogP contribution in [0.2, 0.25) is 0 Å². The van der Waals surface area contributed by atoms with Crippen LogP contribution < -0.4 is 5.30 Å². The molecule has 0 unspecified atom stereocenters. The molecule has 1 heteroatoms. The normalized spacial score (nSPS) is 31.8. The van der Waals surface area contributed by atoms with Crippen molar-refractivity contribution < 1.29 is 0 Å². The summed E-state index contributed by atoms with van der Waals surface area (Å²) in [6, 6.07) is 9.71. The maximum atomic E-state index is 2.54. The molecule has 4 atom stereocenters. The standard InChI is InChI=1S/C23H37P/c1-5-17-13-14-18(6-2)23(17)21-11-9-10-12-22(21)24-19(7-3)15-16-20(24)8-4/h9-12,17-20,23H,5-8,13-16H2,1-4H3/t17-,18-,19-,20-/m1/s1. The molecular formula is C23H37P. The first-order valence-corrected chi connectivity index (χ1v) is 12.1. The number of benzene rings is 1. The predicted octanol–water partition coefficient (Wildman–Crippen LogP) is 7.07. The molecule has 1 aliphatic carbocycles. The zero-order valence-corrected chi connectivity index (χ0v) is 17.2. The monoisotopic (exact) mass is 344 g/mol. The lowest BCUT2D eigenvalue weighted by atomic mass is 9.81.